The molecule has 5 N–H and O–H groups in total. The second-order valence-corrected chi connectivity index (χ2v) is 6.52. The molecule has 30 heavy (non-hydrogen) atoms. The first-order valence-corrected chi connectivity index (χ1v) is 9.23. The quantitative estimate of drug-likeness (QED) is 0.148. The van der Waals surface area contributed by atoms with Gasteiger partial charge in [0.15, 0.2) is 0 Å². The van der Waals surface area contributed by atoms with Gasteiger partial charge in [0, 0.05) is 139 Å². The first kappa shape index (κ1) is 37.6. The summed E-state index contributed by atoms with van der Waals surface area (Å²) in [6.07, 6.45) is -1.67. The number of carbonyl (C=O) groups excluding carboxylic acids is 1. The Bertz CT molecular complexity index is 465. The maximum Gasteiger partial charge on any atom is 0.306 e. The van der Waals surface area contributed by atoms with E-state index in [2.05, 4.69) is 5.32 Å². The molecule has 10 nitrogen and oxygen atoms in total. The van der Waals surface area contributed by atoms with Crippen molar-refractivity contribution in [3.63, 3.8) is 0 Å². The Morgan fingerprint density at radius 1 is 1.03 bits per heavy atom. The van der Waals surface area contributed by atoms with Crippen LogP contribution in [0.15, 0.2) is 0 Å². The third kappa shape index (κ3) is 15.8. The van der Waals surface area contributed by atoms with Crippen LogP contribution in [-0.4, -0.2) is 84.7 Å². The molecule has 167 valence electrons. The predicted molar refractivity (Wildman–Crippen MR) is 95.0 cm³/mol. The topological polar surface area (TPSA) is 158 Å². The Labute approximate surface area is 285 Å². The maximum atomic E-state index is 11.5. The van der Waals surface area contributed by atoms with E-state index in [9.17, 15) is 19.8 Å². The molecule has 0 aromatic rings. The molecule has 0 bridgehead atoms. The van der Waals surface area contributed by atoms with Gasteiger partial charge >= 0.3 is 11.9 Å². The number of aliphatic carboxylic acids is 1. The monoisotopic (exact) mass is 1070 g/mol. The van der Waals surface area contributed by atoms with E-state index < -0.39 is 42.6 Å². The van der Waals surface area contributed by atoms with Crippen LogP contribution in [0.4, 0.5) is 0 Å². The molecule has 1 aliphatic rings. The van der Waals surface area contributed by atoms with Gasteiger partial charge in [-0.2, -0.15) is 0 Å². The zero-order valence-corrected chi connectivity index (χ0v) is 31.6. The third-order valence-corrected chi connectivity index (χ3v) is 4.26. The van der Waals surface area contributed by atoms with Crippen molar-refractivity contribution in [1.82, 2.24) is 5.32 Å². The molecule has 1 saturated heterocycles. The number of unbranched alkanes of at least 4 members (excludes halogenated alkanes) is 3. The van der Waals surface area contributed by atoms with Crippen molar-refractivity contribution in [2.24, 2.45) is 0 Å². The summed E-state index contributed by atoms with van der Waals surface area (Å²) in [4.78, 5) is 21.9. The van der Waals surface area contributed by atoms with Gasteiger partial charge < -0.3 is 40.6 Å². The smallest absolute Gasteiger partial charge is 0.306 e. The van der Waals surface area contributed by atoms with Gasteiger partial charge in [-0.15, -0.1) is 0 Å². The molecule has 1 aliphatic heterocycles. The van der Waals surface area contributed by atoms with E-state index in [-0.39, 0.29) is 152 Å². The van der Waals surface area contributed by atoms with Crippen LogP contribution in [0.3, 0.4) is 0 Å². The second-order valence-electron chi connectivity index (χ2n) is 6.52. The van der Waals surface area contributed by atoms with Crippen molar-refractivity contribution < 1.29 is 171 Å². The number of nitrogens with one attached hydrogen (secondary N) is 2. The van der Waals surface area contributed by atoms with Crippen molar-refractivity contribution in [3.8, 4) is 0 Å². The second kappa shape index (κ2) is 22.5. The maximum absolute atomic E-state index is 11.5. The normalized spacial score (nSPS) is 25.3. The molecule has 0 aromatic carbocycles. The minimum atomic E-state index is -1.40. The number of ether oxygens (including phenoxy) is 3. The van der Waals surface area contributed by atoms with Crippen LogP contribution in [0.25, 0.3) is 5.73 Å². The van der Waals surface area contributed by atoms with Gasteiger partial charge in [-0.1, -0.05) is 18.9 Å². The van der Waals surface area contributed by atoms with Gasteiger partial charge in [0.1, 0.15) is 25.1 Å². The van der Waals surface area contributed by atoms with E-state index >= 15 is 0 Å². The van der Waals surface area contributed by atoms with Crippen LogP contribution in [0.2, 0.25) is 0 Å². The molecule has 0 aromatic heterocycles. The average molecular weight is 1070 g/mol. The van der Waals surface area contributed by atoms with Crippen LogP contribution in [-0.2, 0) is 23.8 Å². The molecular weight excluding hydrogens is 1040 g/mol. The molecule has 1 fully saturated rings. The number of hydrogen-bond donors (Lipinski definition) is 4. The minimum Gasteiger partial charge on any atom is -0.668 e. The van der Waals surface area contributed by atoms with E-state index in [1.165, 1.54) is 0 Å². The number of aliphatic hydroxyl groups is 2. The molecule has 1 heterocycles. The number of hydrogen-bond acceptors (Lipinski definition) is 8. The molecule has 13 heteroatoms. The first-order valence-electron chi connectivity index (χ1n) is 9.23. The Morgan fingerprint density at radius 2 is 1.67 bits per heavy atom. The summed E-state index contributed by atoms with van der Waals surface area (Å²) in [5.74, 6) is -1.86. The number of carboxylic acid groups (broad SMARTS) is 1. The fraction of sp³-hybridized carbons (Fsp3) is 0.882. The van der Waals surface area contributed by atoms with Crippen molar-refractivity contribution in [2.75, 3.05) is 26.8 Å². The third-order valence-electron chi connectivity index (χ3n) is 4.26. The molecule has 0 aliphatic carbocycles. The molecule has 0 saturated carbocycles. The first-order chi connectivity index (χ1) is 12.9. The van der Waals surface area contributed by atoms with E-state index in [1.807, 2.05) is 7.05 Å². The fourth-order valence-electron chi connectivity index (χ4n) is 2.62. The largest absolute Gasteiger partial charge is 0.668 e. The summed E-state index contributed by atoms with van der Waals surface area (Å²) in [6, 6.07) is -1.18. The van der Waals surface area contributed by atoms with E-state index in [0.29, 0.717) is 6.61 Å². The van der Waals surface area contributed by atoms with Crippen LogP contribution in [0.5, 0.6) is 0 Å². The SMILES string of the molecule is CNCCCCCCOC1OC(COC(=O)CCC(=O)O)C(O)C(O)C1[NH-].[Ac].[Ac].[Ac]. The number of esters is 1. The Kier molecular flexibility index (Phi) is 28.2. The number of carboxylic acids is 1. The van der Waals surface area contributed by atoms with Crippen LogP contribution in [0.1, 0.15) is 38.5 Å². The van der Waals surface area contributed by atoms with Crippen molar-refractivity contribution >= 4 is 11.9 Å². The molecule has 5 unspecified atom stereocenters. The van der Waals surface area contributed by atoms with Crippen molar-refractivity contribution in [1.29, 1.82) is 0 Å². The van der Waals surface area contributed by atoms with Gasteiger partial charge in [-0.05, 0) is 26.4 Å². The van der Waals surface area contributed by atoms with Gasteiger partial charge in [0.2, 0.25) is 0 Å². The van der Waals surface area contributed by atoms with Gasteiger partial charge in [-0.3, -0.25) is 9.59 Å². The number of aliphatic hydroxyl groups excluding tert-OH is 2. The number of rotatable bonds is 13. The Balaban J connectivity index is -0.00000243. The van der Waals surface area contributed by atoms with Gasteiger partial charge in [0.25, 0.3) is 0 Å². The summed E-state index contributed by atoms with van der Waals surface area (Å²) < 4.78 is 15.9. The predicted octanol–water partition coefficient (Wildman–Crippen LogP) is 0.0583. The zero-order chi connectivity index (χ0) is 20.2. The molecular formula is C17H31Ac3N2O8-. The Hall–Kier alpha value is 3.02. The standard InChI is InChI=1S/C17H31N2O8.3Ac/c1-19-8-4-2-3-5-9-25-17-14(18)16(24)15(23)11(27-17)10-26-13(22)7-6-12(20)21;;;/h11,14-19,23-24H,2-10H2,1H3,(H,20,21);;;/q-1;;;. The minimum absolute atomic E-state index is 0. The average Bonchev–Trinajstić information content (AvgIpc) is 2.64. The van der Waals surface area contributed by atoms with Gasteiger partial charge in [0.05, 0.1) is 18.9 Å². The van der Waals surface area contributed by atoms with E-state index in [4.69, 9.17) is 25.1 Å². The summed E-state index contributed by atoms with van der Waals surface area (Å²) in [7, 11) is 1.90. The number of carbonyl (C=O) groups is 2. The molecule has 0 spiro atoms. The van der Waals surface area contributed by atoms with Gasteiger partial charge in [-0.25, -0.2) is 0 Å². The summed E-state index contributed by atoms with van der Waals surface area (Å²) in [6.45, 7) is 0.957. The summed E-state index contributed by atoms with van der Waals surface area (Å²) >= 11 is 0. The van der Waals surface area contributed by atoms with Crippen molar-refractivity contribution in [2.45, 2.75) is 69.2 Å². The van der Waals surface area contributed by atoms with Crippen molar-refractivity contribution in [3.05, 3.63) is 5.73 Å². The fourth-order valence-corrected chi connectivity index (χ4v) is 2.62. The molecule has 3 radical (unpaired) electrons. The molecule has 1 rings (SSSR count). The van der Waals surface area contributed by atoms with Crippen LogP contribution >= 0.6 is 0 Å². The van der Waals surface area contributed by atoms with E-state index in [1.54, 1.807) is 0 Å². The van der Waals surface area contributed by atoms with Crippen LogP contribution in [0, 0.1) is 132 Å². The van der Waals surface area contributed by atoms with Crippen LogP contribution < -0.4 is 5.32 Å². The van der Waals surface area contributed by atoms with E-state index in [0.717, 1.165) is 32.2 Å². The molecule has 5 atom stereocenters. The zero-order valence-electron chi connectivity index (χ0n) is 17.4. The summed E-state index contributed by atoms with van der Waals surface area (Å²) in [5, 5.41) is 31.6. The molecule has 0 amide bonds. The summed E-state index contributed by atoms with van der Waals surface area (Å²) in [5.41, 5.74) is 7.92. The Morgan fingerprint density at radius 3 is 2.27 bits per heavy atom.